The summed E-state index contributed by atoms with van der Waals surface area (Å²) in [7, 11) is 2.52. The van der Waals surface area contributed by atoms with Crippen molar-refractivity contribution >= 4 is 5.97 Å². The highest BCUT2D eigenvalue weighted by atomic mass is 16.5. The summed E-state index contributed by atoms with van der Waals surface area (Å²) < 4.78 is 14.5. The first-order valence-electron chi connectivity index (χ1n) is 7.04. The predicted molar refractivity (Wildman–Crippen MR) is 77.6 cm³/mol. The van der Waals surface area contributed by atoms with Crippen LogP contribution in [0.25, 0.3) is 0 Å². The second-order valence-corrected chi connectivity index (χ2v) is 5.06. The highest BCUT2D eigenvalue weighted by molar-refractivity contribution is 5.74. The summed E-state index contributed by atoms with van der Waals surface area (Å²) in [6, 6.07) is 2.52. The Kier molecular flexibility index (Phi) is 6.58. The fourth-order valence-electron chi connectivity index (χ4n) is 2.14. The van der Waals surface area contributed by atoms with Gasteiger partial charge in [-0.15, -0.1) is 0 Å². The van der Waals surface area contributed by atoms with E-state index in [-0.39, 0.29) is 24.4 Å². The number of ether oxygens (including phenoxy) is 2. The van der Waals surface area contributed by atoms with Crippen LogP contribution in [0.3, 0.4) is 0 Å². The molecule has 1 aromatic rings. The molecule has 0 aliphatic carbocycles. The molecule has 22 heavy (non-hydrogen) atoms. The molecule has 1 unspecified atom stereocenters. The van der Waals surface area contributed by atoms with Crippen LogP contribution < -0.4 is 10.4 Å². The summed E-state index contributed by atoms with van der Waals surface area (Å²) in [5.41, 5.74) is -2.35. The van der Waals surface area contributed by atoms with Crippen molar-refractivity contribution in [1.29, 1.82) is 0 Å². The summed E-state index contributed by atoms with van der Waals surface area (Å²) in [5, 5.41) is 20.6. The monoisotopic (exact) mass is 314 g/mol. The van der Waals surface area contributed by atoms with Crippen LogP contribution in [-0.4, -0.2) is 36.5 Å². The van der Waals surface area contributed by atoms with Crippen LogP contribution in [0.2, 0.25) is 0 Å². The van der Waals surface area contributed by atoms with Crippen molar-refractivity contribution in [1.82, 2.24) is 0 Å². The number of aliphatic hydroxyl groups excluding tert-OH is 1. The largest absolute Gasteiger partial charge is 0.496 e. The summed E-state index contributed by atoms with van der Waals surface area (Å²) in [4.78, 5) is 22.9. The molecule has 0 amide bonds. The van der Waals surface area contributed by atoms with Crippen LogP contribution in [0, 0.1) is 0 Å². The molecule has 0 spiro atoms. The van der Waals surface area contributed by atoms with Gasteiger partial charge in [0.05, 0.1) is 20.3 Å². The Bertz CT molecular complexity index is 551. The van der Waals surface area contributed by atoms with Crippen molar-refractivity contribution in [2.75, 3.05) is 14.2 Å². The van der Waals surface area contributed by atoms with Crippen molar-refractivity contribution < 1.29 is 28.9 Å². The van der Waals surface area contributed by atoms with Crippen LogP contribution in [0.4, 0.5) is 0 Å². The highest BCUT2D eigenvalue weighted by Crippen LogP contribution is 2.33. The van der Waals surface area contributed by atoms with Crippen molar-refractivity contribution in [3.8, 4) is 5.75 Å². The minimum absolute atomic E-state index is 0.0479. The molecule has 2 N–H and O–H groups in total. The van der Waals surface area contributed by atoms with E-state index in [2.05, 4.69) is 4.74 Å². The number of methoxy groups -OCH3 is 2. The van der Waals surface area contributed by atoms with E-state index in [4.69, 9.17) is 9.15 Å². The summed E-state index contributed by atoms with van der Waals surface area (Å²) in [6.07, 6.45) is -0.247. The fraction of sp³-hybridized carbons (Fsp3) is 0.600. The van der Waals surface area contributed by atoms with Gasteiger partial charge >= 0.3 is 11.6 Å². The Labute approximate surface area is 128 Å². The van der Waals surface area contributed by atoms with Gasteiger partial charge in [-0.3, -0.25) is 0 Å². The molecule has 0 radical (unpaired) electrons. The quantitative estimate of drug-likeness (QED) is 0.688. The molecule has 1 heterocycles. The van der Waals surface area contributed by atoms with Crippen molar-refractivity contribution in [3.05, 3.63) is 28.3 Å². The first-order valence-corrected chi connectivity index (χ1v) is 7.04. The van der Waals surface area contributed by atoms with E-state index in [1.165, 1.54) is 13.2 Å². The van der Waals surface area contributed by atoms with Crippen LogP contribution in [0.1, 0.15) is 38.4 Å². The molecule has 0 aliphatic heterocycles. The van der Waals surface area contributed by atoms with Crippen LogP contribution in [0.15, 0.2) is 21.3 Å². The second kappa shape index (κ2) is 7.95. The van der Waals surface area contributed by atoms with E-state index in [1.54, 1.807) is 0 Å². The van der Waals surface area contributed by atoms with Gasteiger partial charge < -0.3 is 24.1 Å². The fourth-order valence-corrected chi connectivity index (χ4v) is 2.14. The Morgan fingerprint density at radius 3 is 2.64 bits per heavy atom. The maximum absolute atomic E-state index is 11.6. The Hall–Kier alpha value is -1.86. The zero-order chi connectivity index (χ0) is 16.8. The van der Waals surface area contributed by atoms with Crippen molar-refractivity contribution in [2.45, 2.75) is 44.3 Å². The molecule has 124 valence electrons. The number of unbranched alkanes of at least 4 members (excludes halogenated alkanes) is 1. The number of hydrogen-bond acceptors (Lipinski definition) is 7. The molecule has 1 rings (SSSR count). The van der Waals surface area contributed by atoms with E-state index in [9.17, 15) is 19.8 Å². The van der Waals surface area contributed by atoms with Gasteiger partial charge in [-0.2, -0.15) is 0 Å². The molecule has 7 nitrogen and oxygen atoms in total. The third-order valence-corrected chi connectivity index (χ3v) is 3.39. The van der Waals surface area contributed by atoms with Gasteiger partial charge in [0.2, 0.25) is 0 Å². The molecule has 2 atom stereocenters. The lowest BCUT2D eigenvalue weighted by Crippen LogP contribution is -2.35. The number of carbonyl (C=O) groups is 1. The number of aliphatic hydroxyl groups is 2. The normalized spacial score (nSPS) is 15.0. The zero-order valence-corrected chi connectivity index (χ0v) is 13.0. The molecule has 0 saturated carbocycles. The van der Waals surface area contributed by atoms with E-state index in [1.807, 2.05) is 6.92 Å². The number of rotatable bonds is 8. The molecule has 7 heteroatoms. The van der Waals surface area contributed by atoms with E-state index in [0.29, 0.717) is 6.42 Å². The molecular formula is C15H22O7. The average molecular weight is 314 g/mol. The maximum Gasteiger partial charge on any atom is 0.339 e. The molecule has 0 fully saturated rings. The van der Waals surface area contributed by atoms with Gasteiger partial charge in [-0.1, -0.05) is 19.8 Å². The maximum atomic E-state index is 11.6. The van der Waals surface area contributed by atoms with E-state index in [0.717, 1.165) is 19.6 Å². The average Bonchev–Trinajstić information content (AvgIpc) is 2.51. The molecule has 1 aromatic heterocycles. The van der Waals surface area contributed by atoms with Crippen molar-refractivity contribution in [3.63, 3.8) is 0 Å². The lowest BCUT2D eigenvalue weighted by Gasteiger charge is -2.28. The van der Waals surface area contributed by atoms with Crippen LogP contribution in [-0.2, 0) is 15.1 Å². The number of esters is 1. The molecule has 0 saturated heterocycles. The lowest BCUT2D eigenvalue weighted by molar-refractivity contribution is -0.155. The summed E-state index contributed by atoms with van der Waals surface area (Å²) >= 11 is 0. The van der Waals surface area contributed by atoms with Gasteiger partial charge in [0, 0.05) is 12.5 Å². The van der Waals surface area contributed by atoms with Crippen LogP contribution >= 0.6 is 0 Å². The molecule has 0 bridgehead atoms. The van der Waals surface area contributed by atoms with Crippen molar-refractivity contribution in [2.24, 2.45) is 0 Å². The number of carbonyl (C=O) groups excluding carboxylic acids is 1. The molecule has 0 aliphatic rings. The van der Waals surface area contributed by atoms with Crippen LogP contribution in [0.5, 0.6) is 5.75 Å². The summed E-state index contributed by atoms with van der Waals surface area (Å²) in [5.74, 6) is -0.679. The zero-order valence-electron chi connectivity index (χ0n) is 13.0. The minimum Gasteiger partial charge on any atom is -0.496 e. The van der Waals surface area contributed by atoms with Gasteiger partial charge in [-0.25, -0.2) is 9.59 Å². The topological polar surface area (TPSA) is 106 Å². The first-order chi connectivity index (χ1) is 10.4. The molecular weight excluding hydrogens is 292 g/mol. The first kappa shape index (κ1) is 18.2. The van der Waals surface area contributed by atoms with Gasteiger partial charge in [0.25, 0.3) is 0 Å². The standard InChI is InChI=1S/C15H22O7/c1-4-5-6-15(19,9-11(16)14(18)21-3)12-7-10(20-2)8-13(17)22-12/h7-8,11,16,19H,4-6,9H2,1-3H3/t11?,15-/m1/s1. The third kappa shape index (κ3) is 4.57. The SMILES string of the molecule is CCCC[C@@](O)(CC(O)C(=O)OC)c1cc(OC)cc(=O)o1. The smallest absolute Gasteiger partial charge is 0.339 e. The third-order valence-electron chi connectivity index (χ3n) is 3.39. The van der Waals surface area contributed by atoms with Gasteiger partial charge in [-0.05, 0) is 6.42 Å². The van der Waals surface area contributed by atoms with E-state index >= 15 is 0 Å². The van der Waals surface area contributed by atoms with Gasteiger partial charge in [0.1, 0.15) is 17.1 Å². The number of hydrogen-bond donors (Lipinski definition) is 2. The Morgan fingerprint density at radius 1 is 1.41 bits per heavy atom. The predicted octanol–water partition coefficient (Wildman–Crippen LogP) is 0.950. The Balaban J connectivity index is 3.17. The minimum atomic E-state index is -1.67. The van der Waals surface area contributed by atoms with E-state index < -0.39 is 23.3 Å². The molecule has 0 aromatic carbocycles. The lowest BCUT2D eigenvalue weighted by atomic mass is 9.87. The Morgan fingerprint density at radius 2 is 2.09 bits per heavy atom. The van der Waals surface area contributed by atoms with Gasteiger partial charge in [0.15, 0.2) is 6.10 Å². The summed E-state index contributed by atoms with van der Waals surface area (Å²) in [6.45, 7) is 1.93. The highest BCUT2D eigenvalue weighted by Gasteiger charge is 2.37. The second-order valence-electron chi connectivity index (χ2n) is 5.06.